The van der Waals surface area contributed by atoms with E-state index in [1.165, 1.54) is 0 Å². The van der Waals surface area contributed by atoms with Crippen LogP contribution in [0.3, 0.4) is 0 Å². The van der Waals surface area contributed by atoms with Gasteiger partial charge in [0, 0.05) is 31.1 Å². The summed E-state index contributed by atoms with van der Waals surface area (Å²) in [5.74, 6) is 1.61. The maximum absolute atomic E-state index is 12.8. The van der Waals surface area contributed by atoms with E-state index in [9.17, 15) is 9.59 Å². The Kier molecular flexibility index (Phi) is 5.69. The fourth-order valence-electron chi connectivity index (χ4n) is 4.04. The molecule has 1 saturated carbocycles. The van der Waals surface area contributed by atoms with E-state index in [4.69, 9.17) is 9.47 Å². The summed E-state index contributed by atoms with van der Waals surface area (Å²) < 4.78 is 10.7. The number of hydrogen-bond acceptors (Lipinski definition) is 4. The van der Waals surface area contributed by atoms with Crippen LogP contribution in [-0.2, 0) is 16.1 Å². The first-order chi connectivity index (χ1) is 14.1. The lowest BCUT2D eigenvalue weighted by Crippen LogP contribution is -2.38. The summed E-state index contributed by atoms with van der Waals surface area (Å²) in [6.45, 7) is 0.706. The van der Waals surface area contributed by atoms with Crippen LogP contribution in [0.2, 0.25) is 0 Å². The molecular formula is C23H26N2O4. The standard InChI is InChI=1S/C23H26N2O4/c1-25(19-5-3-2-4-6-19)23(27)18-10-8-17(9-11-18)22(26)24-14-16-7-12-20-21(13-16)29-15-28-20/h2-7,12-13,17-18H,8-11,14-15H2,1H3,(H,24,26). The lowest BCUT2D eigenvalue weighted by Gasteiger charge is -2.30. The Bertz CT molecular complexity index is 876. The third-order valence-corrected chi connectivity index (χ3v) is 5.83. The Labute approximate surface area is 170 Å². The number of ether oxygens (including phenoxy) is 2. The number of rotatable bonds is 5. The third-order valence-electron chi connectivity index (χ3n) is 5.83. The fraction of sp³-hybridized carbons (Fsp3) is 0.391. The minimum absolute atomic E-state index is 0.0156. The van der Waals surface area contributed by atoms with Gasteiger partial charge < -0.3 is 19.7 Å². The van der Waals surface area contributed by atoms with E-state index in [1.807, 2.05) is 55.6 Å². The molecule has 2 amide bonds. The molecule has 29 heavy (non-hydrogen) atoms. The first kappa shape index (κ1) is 19.3. The van der Waals surface area contributed by atoms with Crippen molar-refractivity contribution in [3.05, 3.63) is 54.1 Å². The van der Waals surface area contributed by atoms with Gasteiger partial charge in [0.25, 0.3) is 0 Å². The van der Waals surface area contributed by atoms with Gasteiger partial charge in [0.15, 0.2) is 11.5 Å². The van der Waals surface area contributed by atoms with Crippen molar-refractivity contribution in [2.75, 3.05) is 18.7 Å². The zero-order chi connectivity index (χ0) is 20.2. The number of anilines is 1. The maximum atomic E-state index is 12.8. The second-order valence-electron chi connectivity index (χ2n) is 7.69. The van der Waals surface area contributed by atoms with Gasteiger partial charge in [0.1, 0.15) is 0 Å². The molecule has 1 aliphatic heterocycles. The second-order valence-corrected chi connectivity index (χ2v) is 7.69. The largest absolute Gasteiger partial charge is 0.454 e. The number of hydrogen-bond donors (Lipinski definition) is 1. The highest BCUT2D eigenvalue weighted by molar-refractivity contribution is 5.94. The molecule has 6 heteroatoms. The Hall–Kier alpha value is -3.02. The zero-order valence-corrected chi connectivity index (χ0v) is 16.6. The normalized spacial score (nSPS) is 20.2. The summed E-state index contributed by atoms with van der Waals surface area (Å²) >= 11 is 0. The summed E-state index contributed by atoms with van der Waals surface area (Å²) in [5, 5.41) is 3.02. The van der Waals surface area contributed by atoms with Crippen molar-refractivity contribution in [3.63, 3.8) is 0 Å². The smallest absolute Gasteiger partial charge is 0.231 e. The Morgan fingerprint density at radius 1 is 0.966 bits per heavy atom. The molecule has 1 aliphatic carbocycles. The number of para-hydroxylation sites is 1. The molecule has 2 aromatic carbocycles. The van der Waals surface area contributed by atoms with Crippen molar-refractivity contribution < 1.29 is 19.1 Å². The summed E-state index contributed by atoms with van der Waals surface area (Å²) in [5.41, 5.74) is 1.89. The molecule has 0 bridgehead atoms. The van der Waals surface area contributed by atoms with E-state index < -0.39 is 0 Å². The highest BCUT2D eigenvalue weighted by Crippen LogP contribution is 2.33. The highest BCUT2D eigenvalue weighted by atomic mass is 16.7. The van der Waals surface area contributed by atoms with Gasteiger partial charge in [-0.15, -0.1) is 0 Å². The van der Waals surface area contributed by atoms with Crippen molar-refractivity contribution >= 4 is 17.5 Å². The van der Waals surface area contributed by atoms with Crippen molar-refractivity contribution in [1.29, 1.82) is 0 Å². The van der Waals surface area contributed by atoms with Crippen LogP contribution in [0.25, 0.3) is 0 Å². The van der Waals surface area contributed by atoms with Crippen LogP contribution in [0.5, 0.6) is 11.5 Å². The summed E-state index contributed by atoms with van der Waals surface area (Å²) in [6.07, 6.45) is 2.98. The summed E-state index contributed by atoms with van der Waals surface area (Å²) in [7, 11) is 1.82. The van der Waals surface area contributed by atoms with Gasteiger partial charge >= 0.3 is 0 Å². The van der Waals surface area contributed by atoms with Gasteiger partial charge in [-0.2, -0.15) is 0 Å². The van der Waals surface area contributed by atoms with E-state index >= 15 is 0 Å². The Balaban J connectivity index is 1.26. The first-order valence-electron chi connectivity index (χ1n) is 10.1. The van der Waals surface area contributed by atoms with E-state index in [0.717, 1.165) is 48.4 Å². The fourth-order valence-corrected chi connectivity index (χ4v) is 4.04. The molecule has 0 aromatic heterocycles. The molecule has 2 aliphatic rings. The predicted molar refractivity (Wildman–Crippen MR) is 110 cm³/mol. The van der Waals surface area contributed by atoms with Crippen LogP contribution in [-0.4, -0.2) is 25.7 Å². The van der Waals surface area contributed by atoms with Crippen LogP contribution in [0, 0.1) is 11.8 Å². The number of nitrogens with one attached hydrogen (secondary N) is 1. The number of benzene rings is 2. The van der Waals surface area contributed by atoms with Crippen LogP contribution >= 0.6 is 0 Å². The number of nitrogens with zero attached hydrogens (tertiary/aromatic N) is 1. The SMILES string of the molecule is CN(C(=O)C1CCC(C(=O)NCc2ccc3c(c2)OCO3)CC1)c1ccccc1. The lowest BCUT2D eigenvalue weighted by molar-refractivity contribution is -0.129. The molecule has 0 unspecified atom stereocenters. The number of carbonyl (C=O) groups is 2. The van der Waals surface area contributed by atoms with E-state index in [-0.39, 0.29) is 30.4 Å². The van der Waals surface area contributed by atoms with Crippen molar-refractivity contribution in [2.24, 2.45) is 11.8 Å². The minimum Gasteiger partial charge on any atom is -0.454 e. The van der Waals surface area contributed by atoms with Gasteiger partial charge in [-0.3, -0.25) is 9.59 Å². The molecule has 6 nitrogen and oxygen atoms in total. The van der Waals surface area contributed by atoms with Gasteiger partial charge in [-0.25, -0.2) is 0 Å². The molecule has 0 saturated heterocycles. The maximum Gasteiger partial charge on any atom is 0.231 e. The van der Waals surface area contributed by atoms with Crippen molar-refractivity contribution in [3.8, 4) is 11.5 Å². The zero-order valence-electron chi connectivity index (χ0n) is 16.6. The summed E-state index contributed by atoms with van der Waals surface area (Å²) in [4.78, 5) is 27.1. The van der Waals surface area contributed by atoms with Crippen molar-refractivity contribution in [2.45, 2.75) is 32.2 Å². The molecule has 4 rings (SSSR count). The average molecular weight is 394 g/mol. The van der Waals surface area contributed by atoms with Gasteiger partial charge in [-0.1, -0.05) is 24.3 Å². The monoisotopic (exact) mass is 394 g/mol. The Morgan fingerprint density at radius 2 is 1.66 bits per heavy atom. The molecule has 152 valence electrons. The van der Waals surface area contributed by atoms with Crippen LogP contribution in [0.1, 0.15) is 31.2 Å². The third kappa shape index (κ3) is 4.36. The molecule has 1 heterocycles. The topological polar surface area (TPSA) is 67.9 Å². The van der Waals surface area contributed by atoms with Crippen LogP contribution in [0.4, 0.5) is 5.69 Å². The van der Waals surface area contributed by atoms with Gasteiger partial charge in [0.05, 0.1) is 0 Å². The van der Waals surface area contributed by atoms with E-state index in [1.54, 1.807) is 4.90 Å². The van der Waals surface area contributed by atoms with Crippen LogP contribution < -0.4 is 19.7 Å². The van der Waals surface area contributed by atoms with Crippen molar-refractivity contribution in [1.82, 2.24) is 5.32 Å². The molecule has 1 N–H and O–H groups in total. The quantitative estimate of drug-likeness (QED) is 0.843. The average Bonchev–Trinajstić information content (AvgIpc) is 3.25. The number of carbonyl (C=O) groups excluding carboxylic acids is 2. The minimum atomic E-state index is -0.0323. The van der Waals surface area contributed by atoms with Gasteiger partial charge in [0.2, 0.25) is 18.6 Å². The summed E-state index contributed by atoms with van der Waals surface area (Å²) in [6, 6.07) is 15.4. The number of amides is 2. The second kappa shape index (κ2) is 8.55. The Morgan fingerprint density at radius 3 is 2.41 bits per heavy atom. The van der Waals surface area contributed by atoms with E-state index in [2.05, 4.69) is 5.32 Å². The molecule has 1 fully saturated rings. The van der Waals surface area contributed by atoms with Crippen LogP contribution in [0.15, 0.2) is 48.5 Å². The molecule has 2 aromatic rings. The van der Waals surface area contributed by atoms with Gasteiger partial charge in [-0.05, 0) is 55.5 Å². The van der Waals surface area contributed by atoms with E-state index in [0.29, 0.717) is 6.54 Å². The number of fused-ring (bicyclic) bond motifs is 1. The molecule has 0 atom stereocenters. The highest BCUT2D eigenvalue weighted by Gasteiger charge is 2.31. The lowest BCUT2D eigenvalue weighted by atomic mass is 9.81. The molecule has 0 radical (unpaired) electrons. The molecular weight excluding hydrogens is 368 g/mol. The molecule has 0 spiro atoms. The first-order valence-corrected chi connectivity index (χ1v) is 10.1. The predicted octanol–water partition coefficient (Wildman–Crippen LogP) is 3.50.